The average molecular weight is 141 g/mol. The zero-order valence-corrected chi connectivity index (χ0v) is 6.38. The van der Waals surface area contributed by atoms with Crippen molar-refractivity contribution in [1.29, 1.82) is 0 Å². The second-order valence-corrected chi connectivity index (χ2v) is 3.71. The van der Waals surface area contributed by atoms with E-state index in [1.165, 1.54) is 12.8 Å². The van der Waals surface area contributed by atoms with E-state index in [4.69, 9.17) is 0 Å². The van der Waals surface area contributed by atoms with Gasteiger partial charge in [-0.1, -0.05) is 6.92 Å². The fourth-order valence-corrected chi connectivity index (χ4v) is 2.23. The lowest BCUT2D eigenvalue weighted by Crippen LogP contribution is -2.46. The Kier molecular flexibility index (Phi) is 1.46. The van der Waals surface area contributed by atoms with Gasteiger partial charge in [0.25, 0.3) is 0 Å². The standard InChI is InChI=1S/C8H15NO/c1-5-7-3-2-6(9-7)4-8(5)10/h5-10H,2-4H2,1H3/t5-,6+,7+,8-/m0/s1. The molecule has 2 nitrogen and oxygen atoms in total. The summed E-state index contributed by atoms with van der Waals surface area (Å²) in [5.41, 5.74) is 0. The van der Waals surface area contributed by atoms with E-state index >= 15 is 0 Å². The van der Waals surface area contributed by atoms with Crippen molar-refractivity contribution in [1.82, 2.24) is 5.32 Å². The summed E-state index contributed by atoms with van der Waals surface area (Å²) in [7, 11) is 0. The van der Waals surface area contributed by atoms with Gasteiger partial charge in [-0.25, -0.2) is 0 Å². The SMILES string of the molecule is C[C@@H]1[C@@H](O)C[C@H]2CC[C@H]1N2. The number of nitrogens with one attached hydrogen (secondary N) is 1. The Morgan fingerprint density at radius 2 is 2.20 bits per heavy atom. The molecule has 2 bridgehead atoms. The van der Waals surface area contributed by atoms with Gasteiger partial charge in [0, 0.05) is 12.1 Å². The topological polar surface area (TPSA) is 32.3 Å². The minimum absolute atomic E-state index is 0.0428. The molecular formula is C8H15NO. The predicted octanol–water partition coefficient (Wildman–Crippen LogP) is 0.508. The molecule has 0 aromatic carbocycles. The highest BCUT2D eigenvalue weighted by Crippen LogP contribution is 2.30. The van der Waals surface area contributed by atoms with Crippen LogP contribution in [0.1, 0.15) is 26.2 Å². The summed E-state index contributed by atoms with van der Waals surface area (Å²) in [5.74, 6) is 0.471. The predicted molar refractivity (Wildman–Crippen MR) is 39.7 cm³/mol. The van der Waals surface area contributed by atoms with Crippen molar-refractivity contribution in [3.8, 4) is 0 Å². The maximum atomic E-state index is 9.52. The normalized spacial score (nSPS) is 53.4. The van der Waals surface area contributed by atoms with Crippen LogP contribution in [-0.2, 0) is 0 Å². The van der Waals surface area contributed by atoms with Crippen LogP contribution in [0, 0.1) is 5.92 Å². The number of piperidine rings is 1. The van der Waals surface area contributed by atoms with Crippen LogP contribution in [0.4, 0.5) is 0 Å². The number of aliphatic hydroxyl groups is 1. The number of rotatable bonds is 0. The molecule has 2 saturated heterocycles. The van der Waals surface area contributed by atoms with Crippen LogP contribution in [-0.4, -0.2) is 23.3 Å². The van der Waals surface area contributed by atoms with E-state index in [0.29, 0.717) is 18.0 Å². The third-order valence-corrected chi connectivity index (χ3v) is 3.04. The van der Waals surface area contributed by atoms with Gasteiger partial charge in [0.2, 0.25) is 0 Å². The molecule has 0 amide bonds. The zero-order valence-electron chi connectivity index (χ0n) is 6.38. The first kappa shape index (κ1) is 6.62. The van der Waals surface area contributed by atoms with Gasteiger partial charge in [-0.15, -0.1) is 0 Å². The molecule has 2 heterocycles. The summed E-state index contributed by atoms with van der Waals surface area (Å²) in [6.07, 6.45) is 3.46. The molecule has 2 N–H and O–H groups in total. The Bertz CT molecular complexity index is 137. The highest BCUT2D eigenvalue weighted by Gasteiger charge is 2.37. The lowest BCUT2D eigenvalue weighted by atomic mass is 9.91. The first-order valence-electron chi connectivity index (χ1n) is 4.21. The summed E-state index contributed by atoms with van der Waals surface area (Å²) in [6.45, 7) is 2.14. The van der Waals surface area contributed by atoms with Crippen molar-refractivity contribution in [3.63, 3.8) is 0 Å². The van der Waals surface area contributed by atoms with E-state index < -0.39 is 0 Å². The molecule has 58 valence electrons. The Balaban J connectivity index is 2.09. The van der Waals surface area contributed by atoms with Crippen LogP contribution in [0.3, 0.4) is 0 Å². The van der Waals surface area contributed by atoms with E-state index in [1.54, 1.807) is 0 Å². The first-order chi connectivity index (χ1) is 4.77. The van der Waals surface area contributed by atoms with E-state index in [-0.39, 0.29) is 6.10 Å². The zero-order chi connectivity index (χ0) is 7.14. The molecule has 0 unspecified atom stereocenters. The van der Waals surface area contributed by atoms with Crippen molar-refractivity contribution >= 4 is 0 Å². The van der Waals surface area contributed by atoms with Crippen LogP contribution in [0.5, 0.6) is 0 Å². The van der Waals surface area contributed by atoms with E-state index in [9.17, 15) is 5.11 Å². The second-order valence-electron chi connectivity index (χ2n) is 3.71. The van der Waals surface area contributed by atoms with E-state index in [2.05, 4.69) is 12.2 Å². The van der Waals surface area contributed by atoms with Gasteiger partial charge in [-0.3, -0.25) is 0 Å². The molecule has 0 saturated carbocycles. The monoisotopic (exact) mass is 141 g/mol. The van der Waals surface area contributed by atoms with Crippen molar-refractivity contribution in [2.24, 2.45) is 5.92 Å². The summed E-state index contributed by atoms with van der Waals surface area (Å²) in [6, 6.07) is 1.23. The maximum absolute atomic E-state index is 9.52. The highest BCUT2D eigenvalue weighted by molar-refractivity contribution is 4.95. The van der Waals surface area contributed by atoms with Gasteiger partial charge in [0.15, 0.2) is 0 Å². The van der Waals surface area contributed by atoms with Crippen LogP contribution >= 0.6 is 0 Å². The van der Waals surface area contributed by atoms with Gasteiger partial charge in [-0.2, -0.15) is 0 Å². The fourth-order valence-electron chi connectivity index (χ4n) is 2.23. The quantitative estimate of drug-likeness (QED) is 0.515. The lowest BCUT2D eigenvalue weighted by molar-refractivity contribution is 0.0619. The van der Waals surface area contributed by atoms with Gasteiger partial charge in [0.1, 0.15) is 0 Å². The molecule has 0 aromatic heterocycles. The highest BCUT2D eigenvalue weighted by atomic mass is 16.3. The van der Waals surface area contributed by atoms with Crippen LogP contribution < -0.4 is 5.32 Å². The van der Waals surface area contributed by atoms with Gasteiger partial charge in [-0.05, 0) is 25.2 Å². The third kappa shape index (κ3) is 0.867. The second kappa shape index (κ2) is 2.21. The number of hydrogen-bond donors (Lipinski definition) is 2. The minimum atomic E-state index is -0.0428. The van der Waals surface area contributed by atoms with Crippen LogP contribution in [0.15, 0.2) is 0 Å². The molecular weight excluding hydrogens is 126 g/mol. The molecule has 0 spiro atoms. The summed E-state index contributed by atoms with van der Waals surface area (Å²) in [4.78, 5) is 0. The minimum Gasteiger partial charge on any atom is -0.393 e. The van der Waals surface area contributed by atoms with Crippen molar-refractivity contribution < 1.29 is 5.11 Å². The van der Waals surface area contributed by atoms with E-state index in [1.807, 2.05) is 0 Å². The number of hydrogen-bond acceptors (Lipinski definition) is 2. The van der Waals surface area contributed by atoms with Gasteiger partial charge >= 0.3 is 0 Å². The lowest BCUT2D eigenvalue weighted by Gasteiger charge is -2.31. The van der Waals surface area contributed by atoms with Crippen molar-refractivity contribution in [3.05, 3.63) is 0 Å². The smallest absolute Gasteiger partial charge is 0.0595 e. The molecule has 0 aromatic rings. The van der Waals surface area contributed by atoms with Crippen molar-refractivity contribution in [2.75, 3.05) is 0 Å². The average Bonchev–Trinajstić information content (AvgIpc) is 2.29. The Labute approximate surface area is 61.6 Å². The Hall–Kier alpha value is -0.0800. The molecule has 10 heavy (non-hydrogen) atoms. The first-order valence-corrected chi connectivity index (χ1v) is 4.21. The molecule has 2 fully saturated rings. The van der Waals surface area contributed by atoms with Crippen LogP contribution in [0.2, 0.25) is 0 Å². The number of aliphatic hydroxyl groups excluding tert-OH is 1. The van der Waals surface area contributed by atoms with Gasteiger partial charge < -0.3 is 10.4 Å². The molecule has 2 rings (SSSR count). The number of fused-ring (bicyclic) bond motifs is 2. The summed E-state index contributed by atoms with van der Waals surface area (Å²) in [5, 5.41) is 13.0. The third-order valence-electron chi connectivity index (χ3n) is 3.04. The van der Waals surface area contributed by atoms with Gasteiger partial charge in [0.05, 0.1) is 6.10 Å². The Morgan fingerprint density at radius 3 is 3.00 bits per heavy atom. The maximum Gasteiger partial charge on any atom is 0.0595 e. The molecule has 0 radical (unpaired) electrons. The molecule has 4 atom stereocenters. The molecule has 2 aliphatic rings. The summed E-state index contributed by atoms with van der Waals surface area (Å²) >= 11 is 0. The molecule has 0 aliphatic carbocycles. The van der Waals surface area contributed by atoms with Crippen molar-refractivity contribution in [2.45, 2.75) is 44.4 Å². The molecule has 2 heteroatoms. The Morgan fingerprint density at radius 1 is 1.40 bits per heavy atom. The molecule has 2 aliphatic heterocycles. The fraction of sp³-hybridized carbons (Fsp3) is 1.00. The summed E-state index contributed by atoms with van der Waals surface area (Å²) < 4.78 is 0. The largest absolute Gasteiger partial charge is 0.393 e. The van der Waals surface area contributed by atoms with E-state index in [0.717, 1.165) is 6.42 Å². The van der Waals surface area contributed by atoms with Crippen LogP contribution in [0.25, 0.3) is 0 Å².